The highest BCUT2D eigenvalue weighted by Gasteiger charge is 2.18. The molecule has 0 aromatic carbocycles. The Bertz CT molecular complexity index is 553. The number of aliphatic carboxylic acids is 1. The molecule has 0 aromatic rings. The Kier molecular flexibility index (Phi) is 14.2. The molecular formula is C22H34O5. The average molecular weight is 379 g/mol. The molecule has 5 heteroatoms. The van der Waals surface area contributed by atoms with Gasteiger partial charge in [0.2, 0.25) is 0 Å². The highest BCUT2D eigenvalue weighted by Crippen LogP contribution is 2.20. The number of methoxy groups -OCH3 is 1. The first-order valence-electron chi connectivity index (χ1n) is 9.49. The van der Waals surface area contributed by atoms with Crippen molar-refractivity contribution in [1.82, 2.24) is 0 Å². The van der Waals surface area contributed by atoms with Crippen LogP contribution in [0, 0.1) is 11.8 Å². The fourth-order valence-electron chi connectivity index (χ4n) is 2.34. The van der Waals surface area contributed by atoms with Crippen LogP contribution in [0.1, 0.15) is 58.8 Å². The molecule has 0 saturated carbocycles. The van der Waals surface area contributed by atoms with Gasteiger partial charge in [-0.1, -0.05) is 56.3 Å². The van der Waals surface area contributed by atoms with Crippen LogP contribution in [-0.2, 0) is 9.53 Å². The highest BCUT2D eigenvalue weighted by atomic mass is 16.5. The fourth-order valence-corrected chi connectivity index (χ4v) is 2.34. The van der Waals surface area contributed by atoms with E-state index in [0.29, 0.717) is 6.42 Å². The Labute approximate surface area is 163 Å². The van der Waals surface area contributed by atoms with E-state index < -0.39 is 18.2 Å². The van der Waals surface area contributed by atoms with Crippen molar-refractivity contribution in [2.75, 3.05) is 7.11 Å². The second kappa shape index (κ2) is 15.2. The Morgan fingerprint density at radius 2 is 1.85 bits per heavy atom. The Morgan fingerprint density at radius 3 is 2.48 bits per heavy atom. The quantitative estimate of drug-likeness (QED) is 0.259. The summed E-state index contributed by atoms with van der Waals surface area (Å²) in [6.45, 7) is 4.22. The van der Waals surface area contributed by atoms with Crippen molar-refractivity contribution >= 4 is 5.97 Å². The number of aliphatic hydroxyl groups is 2. The molecular weight excluding hydrogens is 344 g/mol. The number of hydrogen-bond acceptors (Lipinski definition) is 4. The molecule has 0 aliphatic rings. The minimum atomic E-state index is -1.03. The number of rotatable bonds is 13. The number of carboxylic acid groups (broad SMARTS) is 1. The number of ether oxygens (including phenoxy) is 1. The van der Waals surface area contributed by atoms with Gasteiger partial charge in [0.25, 0.3) is 0 Å². The molecule has 27 heavy (non-hydrogen) atoms. The van der Waals surface area contributed by atoms with Gasteiger partial charge in [-0.15, -0.1) is 0 Å². The van der Waals surface area contributed by atoms with Crippen LogP contribution in [-0.4, -0.2) is 46.2 Å². The number of carboxylic acids is 1. The van der Waals surface area contributed by atoms with Crippen LogP contribution in [0.15, 0.2) is 36.5 Å². The molecule has 0 radical (unpaired) electrons. The molecule has 0 bridgehead atoms. The molecule has 0 amide bonds. The van der Waals surface area contributed by atoms with E-state index in [-0.39, 0.29) is 18.4 Å². The molecule has 3 atom stereocenters. The van der Waals surface area contributed by atoms with Crippen LogP contribution >= 0.6 is 0 Å². The van der Waals surface area contributed by atoms with Crippen LogP contribution in [0.3, 0.4) is 0 Å². The summed E-state index contributed by atoms with van der Waals surface area (Å²) in [6, 6.07) is 0. The molecule has 0 aromatic heterocycles. The van der Waals surface area contributed by atoms with Crippen molar-refractivity contribution in [2.24, 2.45) is 0 Å². The van der Waals surface area contributed by atoms with Gasteiger partial charge in [-0.3, -0.25) is 4.79 Å². The molecule has 0 saturated heterocycles. The summed E-state index contributed by atoms with van der Waals surface area (Å²) in [6.07, 6.45) is 13.1. The third kappa shape index (κ3) is 13.9. The monoisotopic (exact) mass is 378 g/mol. The molecule has 0 aliphatic heterocycles. The fraction of sp³-hybridized carbons (Fsp3) is 0.591. The molecule has 5 nitrogen and oxygen atoms in total. The van der Waals surface area contributed by atoms with E-state index in [1.165, 1.54) is 18.9 Å². The first-order valence-corrected chi connectivity index (χ1v) is 9.49. The van der Waals surface area contributed by atoms with E-state index in [1.807, 2.05) is 13.0 Å². The number of carbonyl (C=O) groups is 1. The normalized spacial score (nSPS) is 16.3. The van der Waals surface area contributed by atoms with Gasteiger partial charge in [0.1, 0.15) is 0 Å². The summed E-state index contributed by atoms with van der Waals surface area (Å²) in [5, 5.41) is 28.0. The van der Waals surface area contributed by atoms with Gasteiger partial charge < -0.3 is 20.1 Å². The minimum Gasteiger partial charge on any atom is -0.481 e. The van der Waals surface area contributed by atoms with Crippen molar-refractivity contribution in [2.45, 2.75) is 76.6 Å². The first-order chi connectivity index (χ1) is 12.8. The standard InChI is InChI=1S/C22H34O5/c1-4-5-11-17-22(2,27-3)18-12-9-7-6-8-10-14-19(23)20(24)15-13-16-21(25)26/h6,8,10,12,14,18-20,23-24H,4-5,11,13,15-17H2,1-3H3,(H,25,26)/b8-6+,14-10+,18-12+/t19-,20+,22?/m1/s1. The first kappa shape index (κ1) is 25.1. The summed E-state index contributed by atoms with van der Waals surface area (Å²) < 4.78 is 5.55. The van der Waals surface area contributed by atoms with Gasteiger partial charge in [0, 0.05) is 13.5 Å². The number of unbranched alkanes of at least 4 members (excludes halogenated alkanes) is 2. The van der Waals surface area contributed by atoms with Gasteiger partial charge >= 0.3 is 5.97 Å². The maximum atomic E-state index is 10.4. The van der Waals surface area contributed by atoms with Crippen LogP contribution in [0.2, 0.25) is 0 Å². The summed E-state index contributed by atoms with van der Waals surface area (Å²) in [5.41, 5.74) is -0.297. The minimum absolute atomic E-state index is 0.0166. The molecule has 0 heterocycles. The van der Waals surface area contributed by atoms with Gasteiger partial charge in [-0.05, 0) is 44.4 Å². The Hall–Kier alpha value is -1.87. The molecule has 0 spiro atoms. The van der Waals surface area contributed by atoms with Gasteiger partial charge in [0.05, 0.1) is 17.8 Å². The number of allylic oxidation sites excluding steroid dienone is 4. The molecule has 0 rings (SSSR count). The van der Waals surface area contributed by atoms with E-state index >= 15 is 0 Å². The van der Waals surface area contributed by atoms with Crippen molar-refractivity contribution in [3.8, 4) is 11.8 Å². The van der Waals surface area contributed by atoms with Crippen molar-refractivity contribution in [1.29, 1.82) is 0 Å². The molecule has 0 fully saturated rings. The lowest BCUT2D eigenvalue weighted by Gasteiger charge is -2.23. The second-order valence-electron chi connectivity index (χ2n) is 6.68. The topological polar surface area (TPSA) is 87.0 Å². The lowest BCUT2D eigenvalue weighted by Crippen LogP contribution is -2.23. The lowest BCUT2D eigenvalue weighted by atomic mass is 9.97. The predicted molar refractivity (Wildman–Crippen MR) is 108 cm³/mol. The zero-order chi connectivity index (χ0) is 20.5. The smallest absolute Gasteiger partial charge is 0.303 e. The maximum Gasteiger partial charge on any atom is 0.303 e. The Morgan fingerprint density at radius 1 is 1.15 bits per heavy atom. The van der Waals surface area contributed by atoms with Crippen molar-refractivity contribution < 1.29 is 24.9 Å². The number of aliphatic hydroxyl groups excluding tert-OH is 2. The summed E-state index contributed by atoms with van der Waals surface area (Å²) >= 11 is 0. The van der Waals surface area contributed by atoms with E-state index in [0.717, 1.165) is 12.8 Å². The van der Waals surface area contributed by atoms with E-state index in [1.54, 1.807) is 31.4 Å². The molecule has 152 valence electrons. The Balaban J connectivity index is 4.30. The van der Waals surface area contributed by atoms with Gasteiger partial charge in [-0.25, -0.2) is 0 Å². The van der Waals surface area contributed by atoms with Gasteiger partial charge in [0.15, 0.2) is 0 Å². The largest absolute Gasteiger partial charge is 0.481 e. The average Bonchev–Trinajstić information content (AvgIpc) is 2.63. The SMILES string of the molecule is CCCCCC(C)(/C=C/C#C/C=C/C=C/[C@@H](O)[C@@H](O)CCCC(=O)O)OC. The third-order valence-corrected chi connectivity index (χ3v) is 4.23. The molecule has 0 aliphatic carbocycles. The summed E-state index contributed by atoms with van der Waals surface area (Å²) in [5.74, 6) is 4.87. The summed E-state index contributed by atoms with van der Waals surface area (Å²) in [4.78, 5) is 10.4. The highest BCUT2D eigenvalue weighted by molar-refractivity contribution is 5.66. The zero-order valence-corrected chi connectivity index (χ0v) is 16.7. The zero-order valence-electron chi connectivity index (χ0n) is 16.7. The predicted octanol–water partition coefficient (Wildman–Crippen LogP) is 3.62. The lowest BCUT2D eigenvalue weighted by molar-refractivity contribution is -0.137. The van der Waals surface area contributed by atoms with Crippen LogP contribution in [0.25, 0.3) is 0 Å². The van der Waals surface area contributed by atoms with Crippen LogP contribution < -0.4 is 0 Å². The van der Waals surface area contributed by atoms with Gasteiger partial charge in [-0.2, -0.15) is 0 Å². The molecule has 1 unspecified atom stereocenters. The second-order valence-corrected chi connectivity index (χ2v) is 6.68. The van der Waals surface area contributed by atoms with Crippen LogP contribution in [0.5, 0.6) is 0 Å². The number of hydrogen-bond donors (Lipinski definition) is 3. The van der Waals surface area contributed by atoms with E-state index in [2.05, 4.69) is 18.8 Å². The van der Waals surface area contributed by atoms with Crippen molar-refractivity contribution in [3.05, 3.63) is 36.5 Å². The summed E-state index contributed by atoms with van der Waals surface area (Å²) in [7, 11) is 1.70. The van der Waals surface area contributed by atoms with Crippen LogP contribution in [0.4, 0.5) is 0 Å². The third-order valence-electron chi connectivity index (χ3n) is 4.23. The van der Waals surface area contributed by atoms with E-state index in [9.17, 15) is 15.0 Å². The maximum absolute atomic E-state index is 10.4. The van der Waals surface area contributed by atoms with Crippen molar-refractivity contribution in [3.63, 3.8) is 0 Å². The molecule has 3 N–H and O–H groups in total. The van der Waals surface area contributed by atoms with E-state index in [4.69, 9.17) is 9.84 Å².